The molecule has 5 heteroatoms. The number of nitrogens with two attached hydrogens (primary N) is 1. The summed E-state index contributed by atoms with van der Waals surface area (Å²) in [5, 5.41) is 0. The molecule has 0 aliphatic carbocycles. The molecule has 0 radical (unpaired) electrons. The van der Waals surface area contributed by atoms with Crippen LogP contribution < -0.4 is 5.73 Å². The topological polar surface area (TPSA) is 46.3 Å². The number of benzene rings is 1. The highest BCUT2D eigenvalue weighted by atomic mass is 19.1. The number of hydrogen-bond donors (Lipinski definition) is 1. The summed E-state index contributed by atoms with van der Waals surface area (Å²) in [5.41, 5.74) is 5.52. The van der Waals surface area contributed by atoms with Crippen LogP contribution in [0.25, 0.3) is 0 Å². The molecule has 1 heterocycles. The number of halogens is 2. The van der Waals surface area contributed by atoms with Crippen molar-refractivity contribution in [3.05, 3.63) is 35.4 Å². The molecule has 20 heavy (non-hydrogen) atoms. The number of hydrogen-bond acceptors (Lipinski definition) is 2. The predicted molar refractivity (Wildman–Crippen MR) is 73.3 cm³/mol. The highest BCUT2D eigenvalue weighted by Crippen LogP contribution is 2.26. The van der Waals surface area contributed by atoms with Crippen molar-refractivity contribution in [3.63, 3.8) is 0 Å². The van der Waals surface area contributed by atoms with E-state index in [-0.39, 0.29) is 11.6 Å². The molecule has 1 aliphatic heterocycles. The van der Waals surface area contributed by atoms with Gasteiger partial charge in [-0.05, 0) is 37.0 Å². The Balaban J connectivity index is 2.21. The standard InChI is InChI=1S/C15H20F2N2O/c1-2-10-5-6-19(12(7-10)9-18)15(20)13-8-11(16)3-4-14(13)17/h3-4,8,10,12H,2,5-7,9,18H2,1H3. The van der Waals surface area contributed by atoms with Crippen LogP contribution in [0, 0.1) is 17.6 Å². The maximum atomic E-state index is 13.7. The Hall–Kier alpha value is -1.49. The molecule has 1 amide bonds. The zero-order chi connectivity index (χ0) is 14.7. The van der Waals surface area contributed by atoms with Gasteiger partial charge in [-0.15, -0.1) is 0 Å². The number of likely N-dealkylation sites (tertiary alicyclic amines) is 1. The molecule has 0 bridgehead atoms. The zero-order valence-electron chi connectivity index (χ0n) is 11.6. The molecule has 0 saturated carbocycles. The van der Waals surface area contributed by atoms with E-state index in [0.29, 0.717) is 19.0 Å². The van der Waals surface area contributed by atoms with Crippen molar-refractivity contribution < 1.29 is 13.6 Å². The Morgan fingerprint density at radius 2 is 2.20 bits per heavy atom. The molecule has 1 aromatic carbocycles. The first-order chi connectivity index (χ1) is 9.56. The van der Waals surface area contributed by atoms with Crippen LogP contribution in [0.2, 0.25) is 0 Å². The molecule has 2 atom stereocenters. The average molecular weight is 282 g/mol. The molecular weight excluding hydrogens is 262 g/mol. The minimum Gasteiger partial charge on any atom is -0.334 e. The second-order valence-corrected chi connectivity index (χ2v) is 5.31. The number of piperidine rings is 1. The van der Waals surface area contributed by atoms with Gasteiger partial charge in [0, 0.05) is 19.1 Å². The molecule has 2 rings (SSSR count). The molecule has 1 aliphatic rings. The Morgan fingerprint density at radius 3 is 2.85 bits per heavy atom. The summed E-state index contributed by atoms with van der Waals surface area (Å²) in [7, 11) is 0. The lowest BCUT2D eigenvalue weighted by atomic mass is 9.88. The number of carbonyl (C=O) groups is 1. The predicted octanol–water partition coefficient (Wildman–Crippen LogP) is 2.55. The van der Waals surface area contributed by atoms with Crippen molar-refractivity contribution in [3.8, 4) is 0 Å². The van der Waals surface area contributed by atoms with Gasteiger partial charge in [0.15, 0.2) is 0 Å². The van der Waals surface area contributed by atoms with Crippen molar-refractivity contribution in [2.45, 2.75) is 32.2 Å². The highest BCUT2D eigenvalue weighted by Gasteiger charge is 2.31. The molecule has 110 valence electrons. The molecule has 2 unspecified atom stereocenters. The number of rotatable bonds is 3. The van der Waals surface area contributed by atoms with Crippen LogP contribution in [-0.4, -0.2) is 29.9 Å². The summed E-state index contributed by atoms with van der Waals surface area (Å²) in [5.74, 6) is -1.22. The fourth-order valence-corrected chi connectivity index (χ4v) is 2.81. The third-order valence-corrected chi connectivity index (χ3v) is 4.09. The summed E-state index contributed by atoms with van der Waals surface area (Å²) in [4.78, 5) is 14.0. The van der Waals surface area contributed by atoms with Gasteiger partial charge < -0.3 is 10.6 Å². The van der Waals surface area contributed by atoms with E-state index in [0.717, 1.165) is 37.5 Å². The van der Waals surface area contributed by atoms with Gasteiger partial charge in [0.25, 0.3) is 5.91 Å². The van der Waals surface area contributed by atoms with Gasteiger partial charge in [0.05, 0.1) is 5.56 Å². The van der Waals surface area contributed by atoms with Crippen molar-refractivity contribution in [2.24, 2.45) is 11.7 Å². The van der Waals surface area contributed by atoms with Gasteiger partial charge in [-0.1, -0.05) is 13.3 Å². The molecule has 0 spiro atoms. The van der Waals surface area contributed by atoms with Gasteiger partial charge in [-0.25, -0.2) is 8.78 Å². The number of nitrogens with zero attached hydrogens (tertiary/aromatic N) is 1. The summed E-state index contributed by atoms with van der Waals surface area (Å²) in [6, 6.07) is 2.86. The van der Waals surface area contributed by atoms with Crippen LogP contribution in [0.3, 0.4) is 0 Å². The summed E-state index contributed by atoms with van der Waals surface area (Å²) >= 11 is 0. The number of amides is 1. The first-order valence-corrected chi connectivity index (χ1v) is 7.02. The largest absolute Gasteiger partial charge is 0.334 e. The Morgan fingerprint density at radius 1 is 1.45 bits per heavy atom. The summed E-state index contributed by atoms with van der Waals surface area (Å²) in [6.45, 7) is 3.01. The quantitative estimate of drug-likeness (QED) is 0.926. The van der Waals surface area contributed by atoms with Crippen LogP contribution in [0.15, 0.2) is 18.2 Å². The van der Waals surface area contributed by atoms with Gasteiger partial charge >= 0.3 is 0 Å². The zero-order valence-corrected chi connectivity index (χ0v) is 11.6. The van der Waals surface area contributed by atoms with Crippen molar-refractivity contribution in [2.75, 3.05) is 13.1 Å². The van der Waals surface area contributed by atoms with Gasteiger partial charge in [-0.3, -0.25) is 4.79 Å². The van der Waals surface area contributed by atoms with E-state index in [9.17, 15) is 13.6 Å². The third-order valence-electron chi connectivity index (χ3n) is 4.09. The van der Waals surface area contributed by atoms with E-state index in [1.165, 1.54) is 0 Å². The Labute approximate surface area is 117 Å². The third kappa shape index (κ3) is 2.98. The molecule has 1 saturated heterocycles. The average Bonchev–Trinajstić information content (AvgIpc) is 2.48. The van der Waals surface area contributed by atoms with Crippen molar-refractivity contribution >= 4 is 5.91 Å². The second kappa shape index (κ2) is 6.31. The van der Waals surface area contributed by atoms with E-state index < -0.39 is 17.5 Å². The van der Waals surface area contributed by atoms with Crippen LogP contribution >= 0.6 is 0 Å². The molecule has 1 aromatic rings. The van der Waals surface area contributed by atoms with E-state index in [1.807, 2.05) is 0 Å². The fraction of sp³-hybridized carbons (Fsp3) is 0.533. The maximum absolute atomic E-state index is 13.7. The van der Waals surface area contributed by atoms with Crippen LogP contribution in [0.1, 0.15) is 36.5 Å². The number of carbonyl (C=O) groups excluding carboxylic acids is 1. The van der Waals surface area contributed by atoms with Crippen LogP contribution in [0.4, 0.5) is 8.78 Å². The smallest absolute Gasteiger partial charge is 0.257 e. The van der Waals surface area contributed by atoms with E-state index in [4.69, 9.17) is 5.73 Å². The highest BCUT2D eigenvalue weighted by molar-refractivity contribution is 5.94. The molecule has 3 nitrogen and oxygen atoms in total. The molecule has 0 aromatic heterocycles. The van der Waals surface area contributed by atoms with E-state index in [2.05, 4.69) is 6.92 Å². The van der Waals surface area contributed by atoms with E-state index >= 15 is 0 Å². The lowest BCUT2D eigenvalue weighted by Gasteiger charge is -2.39. The van der Waals surface area contributed by atoms with Gasteiger partial charge in [0.2, 0.25) is 0 Å². The second-order valence-electron chi connectivity index (χ2n) is 5.31. The van der Waals surface area contributed by atoms with E-state index in [1.54, 1.807) is 4.90 Å². The lowest BCUT2D eigenvalue weighted by molar-refractivity contribution is 0.0553. The first kappa shape index (κ1) is 14.9. The normalized spacial score (nSPS) is 22.9. The molecular formula is C15H20F2N2O. The van der Waals surface area contributed by atoms with Crippen molar-refractivity contribution in [1.82, 2.24) is 4.90 Å². The maximum Gasteiger partial charge on any atom is 0.257 e. The minimum absolute atomic E-state index is 0.0936. The minimum atomic E-state index is -0.690. The Bertz CT molecular complexity index is 493. The summed E-state index contributed by atoms with van der Waals surface area (Å²) in [6.07, 6.45) is 2.76. The molecule has 1 fully saturated rings. The van der Waals surface area contributed by atoms with Crippen LogP contribution in [-0.2, 0) is 0 Å². The van der Waals surface area contributed by atoms with Crippen LogP contribution in [0.5, 0.6) is 0 Å². The summed E-state index contributed by atoms with van der Waals surface area (Å²) < 4.78 is 26.9. The van der Waals surface area contributed by atoms with Crippen molar-refractivity contribution in [1.29, 1.82) is 0 Å². The van der Waals surface area contributed by atoms with Gasteiger partial charge in [-0.2, -0.15) is 0 Å². The fourth-order valence-electron chi connectivity index (χ4n) is 2.81. The first-order valence-electron chi connectivity index (χ1n) is 7.02. The monoisotopic (exact) mass is 282 g/mol. The lowest BCUT2D eigenvalue weighted by Crippen LogP contribution is -2.49. The Kier molecular flexibility index (Phi) is 4.70. The molecule has 2 N–H and O–H groups in total. The SMILES string of the molecule is CCC1CCN(C(=O)c2cc(F)ccc2F)C(CN)C1. The van der Waals surface area contributed by atoms with Gasteiger partial charge in [0.1, 0.15) is 11.6 Å².